The predicted octanol–water partition coefficient (Wildman–Crippen LogP) is 0.672. The van der Waals surface area contributed by atoms with Gasteiger partial charge >= 0.3 is 5.63 Å². The van der Waals surface area contributed by atoms with Crippen LogP contribution in [0.25, 0.3) is 11.0 Å². The Hall–Kier alpha value is -2.67. The quantitative estimate of drug-likeness (QED) is 0.802. The summed E-state index contributed by atoms with van der Waals surface area (Å²) in [5.41, 5.74) is 6.95. The number of rotatable bonds is 3. The third-order valence-electron chi connectivity index (χ3n) is 4.27. The maximum absolute atomic E-state index is 12.3. The van der Waals surface area contributed by atoms with E-state index in [1.807, 2.05) is 24.0 Å². The zero-order valence-corrected chi connectivity index (χ0v) is 13.4. The number of nitrogens with zero attached hydrogens (tertiary/aromatic N) is 1. The lowest BCUT2D eigenvalue weighted by Crippen LogP contribution is -2.47. The first kappa shape index (κ1) is 16.2. The van der Waals surface area contributed by atoms with E-state index in [0.29, 0.717) is 18.5 Å². The smallest absolute Gasteiger partial charge is 0.336 e. The van der Waals surface area contributed by atoms with Crippen molar-refractivity contribution in [3.05, 3.63) is 40.2 Å². The topological polar surface area (TPSA) is 106 Å². The fourth-order valence-corrected chi connectivity index (χ4v) is 3.11. The van der Waals surface area contributed by atoms with Crippen LogP contribution in [0.3, 0.4) is 0 Å². The fraction of sp³-hybridized carbons (Fsp3) is 0.353. The van der Waals surface area contributed by atoms with Crippen LogP contribution in [0.4, 0.5) is 5.69 Å². The van der Waals surface area contributed by atoms with Crippen LogP contribution in [0.15, 0.2) is 33.5 Å². The monoisotopic (exact) mass is 329 g/mol. The Kier molecular flexibility index (Phi) is 4.35. The molecule has 2 aromatic rings. The van der Waals surface area contributed by atoms with Crippen LogP contribution in [0.5, 0.6) is 0 Å². The zero-order valence-electron chi connectivity index (χ0n) is 13.4. The maximum atomic E-state index is 12.3. The molecule has 1 aliphatic rings. The molecule has 126 valence electrons. The van der Waals surface area contributed by atoms with E-state index in [1.165, 1.54) is 6.07 Å². The highest BCUT2D eigenvalue weighted by atomic mass is 16.4. The lowest BCUT2D eigenvalue weighted by atomic mass is 10.1. The molecule has 1 atom stereocenters. The van der Waals surface area contributed by atoms with Gasteiger partial charge in [0.05, 0.1) is 6.54 Å². The van der Waals surface area contributed by atoms with E-state index in [0.717, 1.165) is 23.1 Å². The predicted molar refractivity (Wildman–Crippen MR) is 89.8 cm³/mol. The van der Waals surface area contributed by atoms with E-state index in [9.17, 15) is 14.4 Å². The van der Waals surface area contributed by atoms with Crippen LogP contribution in [0, 0.1) is 6.92 Å². The minimum Gasteiger partial charge on any atom is -0.423 e. The number of nitrogens with one attached hydrogen (secondary N) is 1. The van der Waals surface area contributed by atoms with Gasteiger partial charge < -0.3 is 15.1 Å². The molecule has 24 heavy (non-hydrogen) atoms. The van der Waals surface area contributed by atoms with Gasteiger partial charge in [-0.2, -0.15) is 0 Å². The Morgan fingerprint density at radius 1 is 1.38 bits per heavy atom. The number of amides is 2. The Morgan fingerprint density at radius 2 is 2.17 bits per heavy atom. The minimum absolute atomic E-state index is 0.223. The van der Waals surface area contributed by atoms with Crippen LogP contribution in [0.2, 0.25) is 0 Å². The Balaban J connectivity index is 1.92. The molecule has 1 saturated heterocycles. The van der Waals surface area contributed by atoms with E-state index in [1.54, 1.807) is 6.07 Å². The summed E-state index contributed by atoms with van der Waals surface area (Å²) in [6.45, 7) is 2.32. The van der Waals surface area contributed by atoms with Crippen molar-refractivity contribution in [3.8, 4) is 0 Å². The highest BCUT2D eigenvalue weighted by molar-refractivity contribution is 6.00. The van der Waals surface area contributed by atoms with Crippen molar-refractivity contribution in [3.63, 3.8) is 0 Å². The number of fused-ring (bicyclic) bond motifs is 1. The van der Waals surface area contributed by atoms with E-state index in [-0.39, 0.29) is 12.5 Å². The number of carbonyl (C=O) groups excluding carboxylic acids is 2. The number of imide groups is 1. The lowest BCUT2D eigenvalue weighted by molar-refractivity contribution is -0.130. The van der Waals surface area contributed by atoms with Crippen molar-refractivity contribution in [1.82, 2.24) is 5.32 Å². The van der Waals surface area contributed by atoms with Gasteiger partial charge in [-0.15, -0.1) is 0 Å². The SMILES string of the molecule is Cc1cc(=O)oc2cc(N3CCC[C@H]3C(=O)NC(=O)CN)ccc12. The maximum Gasteiger partial charge on any atom is 0.336 e. The second kappa shape index (κ2) is 6.45. The molecule has 2 amide bonds. The molecule has 7 nitrogen and oxygen atoms in total. The van der Waals surface area contributed by atoms with Crippen LogP contribution in [-0.2, 0) is 9.59 Å². The van der Waals surface area contributed by atoms with Crippen LogP contribution in [-0.4, -0.2) is 30.9 Å². The summed E-state index contributed by atoms with van der Waals surface area (Å²) in [5.74, 6) is -0.847. The van der Waals surface area contributed by atoms with E-state index < -0.39 is 17.6 Å². The summed E-state index contributed by atoms with van der Waals surface area (Å²) in [6.07, 6.45) is 1.49. The summed E-state index contributed by atoms with van der Waals surface area (Å²) in [5, 5.41) is 3.17. The van der Waals surface area contributed by atoms with Crippen molar-refractivity contribution in [2.24, 2.45) is 5.73 Å². The van der Waals surface area contributed by atoms with Gasteiger partial charge in [0.2, 0.25) is 11.8 Å². The standard InChI is InChI=1S/C17H19N3O4/c1-10-7-16(22)24-14-8-11(4-5-12(10)14)20-6-2-3-13(20)17(23)19-15(21)9-18/h4-5,7-8,13H,2-3,6,9,18H2,1H3,(H,19,21,23)/t13-/m0/s1. The fourth-order valence-electron chi connectivity index (χ4n) is 3.11. The van der Waals surface area contributed by atoms with Gasteiger partial charge in [0.25, 0.3) is 0 Å². The number of nitrogens with two attached hydrogens (primary N) is 1. The number of hydrogen-bond acceptors (Lipinski definition) is 6. The molecule has 3 N–H and O–H groups in total. The normalized spacial score (nSPS) is 17.2. The average molecular weight is 329 g/mol. The van der Waals surface area contributed by atoms with Gasteiger partial charge in [-0.1, -0.05) is 0 Å². The molecule has 1 fully saturated rings. The molecular weight excluding hydrogens is 310 g/mol. The molecule has 7 heteroatoms. The zero-order chi connectivity index (χ0) is 17.3. The van der Waals surface area contributed by atoms with Crippen LogP contribution >= 0.6 is 0 Å². The van der Waals surface area contributed by atoms with Crippen molar-refractivity contribution in [1.29, 1.82) is 0 Å². The molecule has 0 unspecified atom stereocenters. The summed E-state index contributed by atoms with van der Waals surface area (Å²) < 4.78 is 5.27. The van der Waals surface area contributed by atoms with Crippen molar-refractivity contribution >= 4 is 28.5 Å². The largest absolute Gasteiger partial charge is 0.423 e. The first-order valence-electron chi connectivity index (χ1n) is 7.84. The van der Waals surface area contributed by atoms with Gasteiger partial charge in [-0.05, 0) is 37.5 Å². The number of benzene rings is 1. The Bertz CT molecular complexity index is 859. The molecule has 1 aliphatic heterocycles. The molecule has 2 heterocycles. The highest BCUT2D eigenvalue weighted by Crippen LogP contribution is 2.29. The van der Waals surface area contributed by atoms with E-state index >= 15 is 0 Å². The van der Waals surface area contributed by atoms with Gasteiger partial charge in [0.1, 0.15) is 11.6 Å². The molecule has 0 radical (unpaired) electrons. The summed E-state index contributed by atoms with van der Waals surface area (Å²) in [7, 11) is 0. The third kappa shape index (κ3) is 3.03. The molecule has 0 spiro atoms. The molecule has 1 aromatic heterocycles. The van der Waals surface area contributed by atoms with Gasteiger partial charge in [-0.3, -0.25) is 14.9 Å². The molecule has 0 bridgehead atoms. The summed E-state index contributed by atoms with van der Waals surface area (Å²) in [6, 6.07) is 6.55. The number of aryl methyl sites for hydroxylation is 1. The van der Waals surface area contributed by atoms with Gasteiger partial charge in [0, 0.05) is 29.8 Å². The first-order valence-corrected chi connectivity index (χ1v) is 7.84. The minimum atomic E-state index is -0.494. The van der Waals surface area contributed by atoms with Crippen molar-refractivity contribution in [2.75, 3.05) is 18.0 Å². The molecule has 0 saturated carbocycles. The van der Waals surface area contributed by atoms with Crippen molar-refractivity contribution in [2.45, 2.75) is 25.8 Å². The Morgan fingerprint density at radius 3 is 2.92 bits per heavy atom. The third-order valence-corrected chi connectivity index (χ3v) is 4.27. The van der Waals surface area contributed by atoms with Crippen LogP contribution in [0.1, 0.15) is 18.4 Å². The second-order valence-electron chi connectivity index (χ2n) is 5.90. The molecule has 0 aliphatic carbocycles. The summed E-state index contributed by atoms with van der Waals surface area (Å²) in [4.78, 5) is 37.1. The van der Waals surface area contributed by atoms with Gasteiger partial charge in [0.15, 0.2) is 0 Å². The lowest BCUT2D eigenvalue weighted by Gasteiger charge is -2.25. The van der Waals surface area contributed by atoms with Crippen LogP contribution < -0.4 is 21.6 Å². The van der Waals surface area contributed by atoms with E-state index in [4.69, 9.17) is 10.2 Å². The average Bonchev–Trinajstić information content (AvgIpc) is 3.03. The summed E-state index contributed by atoms with van der Waals surface area (Å²) >= 11 is 0. The first-order chi connectivity index (χ1) is 11.5. The molecular formula is C17H19N3O4. The number of hydrogen-bond donors (Lipinski definition) is 2. The molecule has 3 rings (SSSR count). The molecule has 1 aromatic carbocycles. The van der Waals surface area contributed by atoms with E-state index in [2.05, 4.69) is 5.32 Å². The second-order valence-corrected chi connectivity index (χ2v) is 5.90. The van der Waals surface area contributed by atoms with Gasteiger partial charge in [-0.25, -0.2) is 4.79 Å². The number of anilines is 1. The van der Waals surface area contributed by atoms with Crippen molar-refractivity contribution < 1.29 is 14.0 Å². The Labute approximate surface area is 138 Å². The number of carbonyl (C=O) groups is 2. The highest BCUT2D eigenvalue weighted by Gasteiger charge is 2.31.